The zero-order chi connectivity index (χ0) is 29.8. The molecule has 3 rings (SSSR count). The Hall–Kier alpha value is -2.20. The largest absolute Gasteiger partial charge is 0.402 e. The summed E-state index contributed by atoms with van der Waals surface area (Å²) >= 11 is 0. The highest BCUT2D eigenvalue weighted by Crippen LogP contribution is 2.88. The molecule has 0 amide bonds. The van der Waals surface area contributed by atoms with Crippen LogP contribution in [0.3, 0.4) is 0 Å². The zero-order valence-electron chi connectivity index (χ0n) is 22.9. The van der Waals surface area contributed by atoms with Gasteiger partial charge in [0, 0.05) is 24.1 Å². The second-order valence-corrected chi connectivity index (χ2v) is 16.7. The molecule has 2 aromatic heterocycles. The Morgan fingerprint density at radius 1 is 0.975 bits per heavy atom. The summed E-state index contributed by atoms with van der Waals surface area (Å²) in [6.45, 7) is 6.58. The molecule has 2 unspecified atom stereocenters. The molecule has 3 aromatic rings. The fourth-order valence-corrected chi connectivity index (χ4v) is 13.6. The predicted molar refractivity (Wildman–Crippen MR) is 148 cm³/mol. The number of hydrogen-bond donors (Lipinski definition) is 2. The van der Waals surface area contributed by atoms with Crippen molar-refractivity contribution in [1.29, 1.82) is 0 Å². The van der Waals surface area contributed by atoms with Crippen molar-refractivity contribution < 1.29 is 46.6 Å². The van der Waals surface area contributed by atoms with Crippen LogP contribution in [0.2, 0.25) is 0 Å². The maximum atomic E-state index is 14.1. The molecular formula is C24H34N3O10P3. The van der Waals surface area contributed by atoms with Gasteiger partial charge in [0.1, 0.15) is 0 Å². The smallest absolute Gasteiger partial charge is 0.358 e. The summed E-state index contributed by atoms with van der Waals surface area (Å²) < 4.78 is 61.4. The van der Waals surface area contributed by atoms with E-state index in [1.165, 1.54) is 31.4 Å². The monoisotopic (exact) mass is 617 g/mol. The van der Waals surface area contributed by atoms with E-state index in [-0.39, 0.29) is 37.8 Å². The minimum Gasteiger partial charge on any atom is -0.402 e. The van der Waals surface area contributed by atoms with Crippen molar-refractivity contribution >= 4 is 34.2 Å². The van der Waals surface area contributed by atoms with Crippen LogP contribution in [0.25, 0.3) is 5.65 Å². The Kier molecular flexibility index (Phi) is 10.3. The number of hydrogen-bond acceptors (Lipinski definition) is 10. The van der Waals surface area contributed by atoms with E-state index in [0.29, 0.717) is 17.0 Å². The van der Waals surface area contributed by atoms with Crippen LogP contribution in [0.1, 0.15) is 48.9 Å². The van der Waals surface area contributed by atoms with E-state index in [1.54, 1.807) is 43.3 Å². The maximum Gasteiger partial charge on any atom is 0.358 e. The third-order valence-corrected chi connectivity index (χ3v) is 17.0. The number of fused-ring (bicyclic) bond motifs is 1. The first-order valence-electron chi connectivity index (χ1n) is 12.6. The second-order valence-electron chi connectivity index (χ2n) is 8.81. The van der Waals surface area contributed by atoms with Crippen LogP contribution in [0.5, 0.6) is 5.88 Å². The Morgan fingerprint density at radius 3 is 2.12 bits per heavy atom. The second kappa shape index (κ2) is 12.8. The van der Waals surface area contributed by atoms with Gasteiger partial charge >= 0.3 is 21.2 Å². The van der Waals surface area contributed by atoms with Gasteiger partial charge in [0.05, 0.1) is 25.4 Å². The van der Waals surface area contributed by atoms with Crippen molar-refractivity contribution in [2.75, 3.05) is 26.5 Å². The molecular weight excluding hydrogens is 583 g/mol. The Bertz CT molecular complexity index is 1480. The van der Waals surface area contributed by atoms with Gasteiger partial charge in [-0.1, -0.05) is 18.2 Å². The summed E-state index contributed by atoms with van der Waals surface area (Å²) in [6, 6.07) is 11.3. The lowest BCUT2D eigenvalue weighted by Crippen LogP contribution is -2.33. The fraction of sp³-hybridized carbons (Fsp3) is 0.458. The molecule has 0 aliphatic heterocycles. The highest BCUT2D eigenvalue weighted by atomic mass is 31.3. The summed E-state index contributed by atoms with van der Waals surface area (Å²) in [5.41, 5.74) is 1.48. The topological polar surface area (TPSA) is 176 Å². The molecule has 16 heteroatoms. The minimum absolute atomic E-state index is 0.0563. The molecule has 0 saturated carbocycles. The lowest BCUT2D eigenvalue weighted by Gasteiger charge is -2.41. The first-order chi connectivity index (χ1) is 18.7. The molecule has 40 heavy (non-hydrogen) atoms. The van der Waals surface area contributed by atoms with E-state index < -0.39 is 39.6 Å². The van der Waals surface area contributed by atoms with E-state index in [4.69, 9.17) is 18.3 Å². The van der Waals surface area contributed by atoms with Gasteiger partial charge in [0.15, 0.2) is 5.65 Å². The van der Waals surface area contributed by atoms with E-state index in [2.05, 4.69) is 10.1 Å². The maximum absolute atomic E-state index is 14.1. The van der Waals surface area contributed by atoms with Crippen LogP contribution in [0.15, 0.2) is 42.5 Å². The summed E-state index contributed by atoms with van der Waals surface area (Å²) in [6.07, 6.45) is -0.812. The first-order valence-corrected chi connectivity index (χ1v) is 17.8. The van der Waals surface area contributed by atoms with Crippen LogP contribution in [-0.2, 0) is 33.7 Å². The van der Waals surface area contributed by atoms with Gasteiger partial charge in [-0.25, -0.2) is 14.3 Å². The van der Waals surface area contributed by atoms with Gasteiger partial charge < -0.3 is 28.1 Å². The van der Waals surface area contributed by atoms with Gasteiger partial charge in [0.2, 0.25) is 17.9 Å². The molecule has 2 N–H and O–H groups in total. The van der Waals surface area contributed by atoms with Gasteiger partial charge in [-0.05, 0) is 58.7 Å². The minimum atomic E-state index is -5.51. The predicted octanol–water partition coefficient (Wildman–Crippen LogP) is 5.23. The number of esters is 1. The number of aromatic nitrogens is 3. The van der Waals surface area contributed by atoms with Crippen LogP contribution < -0.4 is 4.74 Å². The van der Waals surface area contributed by atoms with Crippen molar-refractivity contribution in [1.82, 2.24) is 14.6 Å². The van der Waals surface area contributed by atoms with Crippen molar-refractivity contribution in [3.05, 3.63) is 59.4 Å². The number of carbonyl (C=O) groups excluding carboxylic acids is 1. The van der Waals surface area contributed by atoms with E-state index in [1.807, 2.05) is 0 Å². The number of aryl methyl sites for hydroxylation is 2. The number of benzene rings is 1. The van der Waals surface area contributed by atoms with Crippen LogP contribution in [0, 0.1) is 6.92 Å². The lowest BCUT2D eigenvalue weighted by molar-refractivity contribution is 0.0726. The van der Waals surface area contributed by atoms with Crippen LogP contribution in [-0.4, -0.2) is 61.5 Å². The van der Waals surface area contributed by atoms with E-state index in [0.717, 1.165) is 6.66 Å². The molecule has 2 heterocycles. The number of carbonyl (C=O) groups is 1. The van der Waals surface area contributed by atoms with Crippen molar-refractivity contribution in [2.45, 2.75) is 45.2 Å². The van der Waals surface area contributed by atoms with Gasteiger partial charge in [0.25, 0.3) is 0 Å². The number of rotatable bonds is 14. The average Bonchev–Trinajstić information content (AvgIpc) is 3.26. The normalized spacial score (nSPS) is 15.5. The molecule has 0 aliphatic carbocycles. The van der Waals surface area contributed by atoms with Crippen molar-refractivity contribution in [2.24, 2.45) is 0 Å². The van der Waals surface area contributed by atoms with Gasteiger partial charge in [-0.15, -0.1) is 5.10 Å². The third kappa shape index (κ3) is 6.32. The number of ether oxygens (including phenoxy) is 1. The standard InChI is InChI=1S/C24H34N3O10P3/c1-6-34-38(5,29)24(39(30,31)32,40(33,35-7-2)36-8-3)15-14-20-16-18(4)25-21-17-22(26-27(20)21)37-23(28)19-12-10-9-11-13-19/h9-13,16-17H,6-8,14-15H2,1-5H3,(H2,30,31,32). The lowest BCUT2D eigenvalue weighted by atomic mass is 10.2. The highest BCUT2D eigenvalue weighted by Gasteiger charge is 2.71. The van der Waals surface area contributed by atoms with Gasteiger partial charge in [-0.2, -0.15) is 0 Å². The molecule has 1 aromatic carbocycles. The molecule has 220 valence electrons. The number of nitrogens with zero attached hydrogens (tertiary/aromatic N) is 3. The Morgan fingerprint density at radius 2 is 1.57 bits per heavy atom. The molecule has 0 fully saturated rings. The molecule has 0 saturated heterocycles. The molecule has 0 radical (unpaired) electrons. The summed E-state index contributed by atoms with van der Waals surface area (Å²) in [5.74, 6) is -0.694. The van der Waals surface area contributed by atoms with E-state index in [9.17, 15) is 28.3 Å². The molecule has 2 atom stereocenters. The Labute approximate surface area is 232 Å². The molecule has 13 nitrogen and oxygen atoms in total. The third-order valence-electron chi connectivity index (χ3n) is 6.06. The van der Waals surface area contributed by atoms with Crippen molar-refractivity contribution in [3.8, 4) is 5.88 Å². The Balaban J connectivity index is 2.11. The molecule has 0 spiro atoms. The van der Waals surface area contributed by atoms with Gasteiger partial charge in [-0.3, -0.25) is 13.7 Å². The molecule has 0 bridgehead atoms. The van der Waals surface area contributed by atoms with Crippen LogP contribution in [0.4, 0.5) is 0 Å². The fourth-order valence-electron chi connectivity index (χ4n) is 4.45. The molecule has 0 aliphatic rings. The summed E-state index contributed by atoms with van der Waals surface area (Å²) in [7, 11) is -14.7. The van der Waals surface area contributed by atoms with Crippen LogP contribution >= 0.6 is 22.6 Å². The SMILES string of the molecule is CCOP(C)(=O)C(CCc1cc(C)nc2cc(OC(=O)c3ccccc3)nn12)(P(=O)(O)O)P(=O)(OCC)OCC. The zero-order valence-corrected chi connectivity index (χ0v) is 25.6. The summed E-state index contributed by atoms with van der Waals surface area (Å²) in [4.78, 5) is 38.3. The quantitative estimate of drug-likeness (QED) is 0.178. The summed E-state index contributed by atoms with van der Waals surface area (Å²) in [5, 5.41) is 4.30. The highest BCUT2D eigenvalue weighted by molar-refractivity contribution is 7.91. The van der Waals surface area contributed by atoms with Crippen molar-refractivity contribution in [3.63, 3.8) is 0 Å². The average molecular weight is 617 g/mol. The van der Waals surface area contributed by atoms with E-state index >= 15 is 0 Å². The first kappa shape index (κ1) is 32.3.